The number of ether oxygens (including phenoxy) is 2. The fourth-order valence-corrected chi connectivity index (χ4v) is 4.35. The Bertz CT molecular complexity index is 921. The highest BCUT2D eigenvalue weighted by Gasteiger charge is 2.39. The van der Waals surface area contributed by atoms with E-state index in [4.69, 9.17) is 13.9 Å². The molecule has 0 saturated carbocycles. The number of carbonyl (C=O) groups is 1. The molecule has 2 saturated heterocycles. The Balaban J connectivity index is 1.60. The quantitative estimate of drug-likeness (QED) is 0.755. The van der Waals surface area contributed by atoms with Gasteiger partial charge in [0.15, 0.2) is 0 Å². The Hall–Kier alpha value is -2.34. The second kappa shape index (κ2) is 7.59. The summed E-state index contributed by atoms with van der Waals surface area (Å²) >= 11 is 0. The molecule has 2 aliphatic heterocycles. The summed E-state index contributed by atoms with van der Waals surface area (Å²) in [4.78, 5) is 27.5. The van der Waals surface area contributed by atoms with Crippen LogP contribution in [0.1, 0.15) is 49.9 Å². The number of hydrogen-bond donors (Lipinski definition) is 0. The summed E-state index contributed by atoms with van der Waals surface area (Å²) in [6.07, 6.45) is 4.05. The summed E-state index contributed by atoms with van der Waals surface area (Å²) in [7, 11) is 0. The van der Waals surface area contributed by atoms with Crippen LogP contribution in [-0.2, 0) is 4.74 Å². The van der Waals surface area contributed by atoms with Crippen LogP contribution in [-0.4, -0.2) is 43.2 Å². The maximum atomic E-state index is 13.1. The van der Waals surface area contributed by atoms with Crippen LogP contribution in [0, 0.1) is 5.41 Å². The van der Waals surface area contributed by atoms with Crippen LogP contribution in [0.5, 0.6) is 5.75 Å². The van der Waals surface area contributed by atoms with E-state index < -0.39 is 5.63 Å². The molecule has 1 aromatic carbocycles. The van der Waals surface area contributed by atoms with Gasteiger partial charge in [0.1, 0.15) is 16.9 Å². The second-order valence-electron chi connectivity index (χ2n) is 8.26. The molecular weight excluding hydrogens is 358 g/mol. The van der Waals surface area contributed by atoms with Crippen molar-refractivity contribution >= 4 is 16.9 Å². The largest absolute Gasteiger partial charge is 0.491 e. The van der Waals surface area contributed by atoms with Gasteiger partial charge in [0.25, 0.3) is 5.91 Å². The maximum Gasteiger partial charge on any atom is 0.349 e. The molecule has 2 aromatic rings. The number of amides is 1. The summed E-state index contributed by atoms with van der Waals surface area (Å²) in [6.45, 7) is 6.74. The van der Waals surface area contributed by atoms with E-state index >= 15 is 0 Å². The molecule has 0 atom stereocenters. The molecule has 28 heavy (non-hydrogen) atoms. The lowest BCUT2D eigenvalue weighted by atomic mass is 9.74. The first-order valence-corrected chi connectivity index (χ1v) is 10.1. The summed E-state index contributed by atoms with van der Waals surface area (Å²) in [5.74, 6) is 0.408. The van der Waals surface area contributed by atoms with Crippen LogP contribution in [0.25, 0.3) is 11.0 Å². The number of carbonyl (C=O) groups excluding carboxylic acids is 1. The predicted octanol–water partition coefficient (Wildman–Crippen LogP) is 3.61. The zero-order valence-electron chi connectivity index (χ0n) is 16.5. The zero-order valence-corrected chi connectivity index (χ0v) is 16.5. The molecule has 0 aliphatic carbocycles. The summed E-state index contributed by atoms with van der Waals surface area (Å²) in [6, 6.07) is 6.99. The first kappa shape index (κ1) is 19.0. The van der Waals surface area contributed by atoms with Gasteiger partial charge in [-0.3, -0.25) is 4.79 Å². The highest BCUT2D eigenvalue weighted by atomic mass is 16.5. The summed E-state index contributed by atoms with van der Waals surface area (Å²) in [5, 5.41) is 0.719. The second-order valence-corrected chi connectivity index (χ2v) is 8.26. The Morgan fingerprint density at radius 3 is 2.71 bits per heavy atom. The SMILES string of the molecule is CC(C)Oc1ccc2cc(C(=O)N3CCCC4(CCOCC4)C3)c(=O)oc2c1. The first-order valence-electron chi connectivity index (χ1n) is 10.1. The van der Waals surface area contributed by atoms with Crippen LogP contribution in [0.2, 0.25) is 0 Å². The number of hydrogen-bond acceptors (Lipinski definition) is 5. The molecule has 4 rings (SSSR count). The topological polar surface area (TPSA) is 69.0 Å². The van der Waals surface area contributed by atoms with Gasteiger partial charge in [-0.2, -0.15) is 0 Å². The first-order chi connectivity index (χ1) is 13.5. The lowest BCUT2D eigenvalue weighted by molar-refractivity contribution is -0.0230. The summed E-state index contributed by atoms with van der Waals surface area (Å²) in [5.41, 5.74) is 0.0749. The zero-order chi connectivity index (χ0) is 19.7. The Labute approximate surface area is 164 Å². The van der Waals surface area contributed by atoms with Crippen LogP contribution < -0.4 is 10.4 Å². The third-order valence-corrected chi connectivity index (χ3v) is 5.81. The van der Waals surface area contributed by atoms with E-state index in [-0.39, 0.29) is 23.0 Å². The van der Waals surface area contributed by atoms with Crippen molar-refractivity contribution in [3.63, 3.8) is 0 Å². The molecule has 1 amide bonds. The molecule has 6 nitrogen and oxygen atoms in total. The van der Waals surface area contributed by atoms with Crippen molar-refractivity contribution in [2.75, 3.05) is 26.3 Å². The van der Waals surface area contributed by atoms with Gasteiger partial charge in [0.2, 0.25) is 0 Å². The highest BCUT2D eigenvalue weighted by molar-refractivity contribution is 5.96. The van der Waals surface area contributed by atoms with Crippen molar-refractivity contribution in [2.24, 2.45) is 5.41 Å². The molecule has 1 spiro atoms. The molecule has 3 heterocycles. The van der Waals surface area contributed by atoms with Crippen molar-refractivity contribution in [1.29, 1.82) is 0 Å². The molecule has 0 radical (unpaired) electrons. The van der Waals surface area contributed by atoms with E-state index in [0.29, 0.717) is 24.4 Å². The maximum absolute atomic E-state index is 13.1. The standard InChI is InChI=1S/C22H27NO5/c1-15(2)27-17-5-4-16-12-18(21(25)28-19(16)13-17)20(24)23-9-3-6-22(14-23)7-10-26-11-8-22/h4-5,12-13,15H,3,6-11,14H2,1-2H3. The minimum absolute atomic E-state index is 0.0293. The fraction of sp³-hybridized carbons (Fsp3) is 0.545. The van der Waals surface area contributed by atoms with E-state index in [1.807, 2.05) is 30.9 Å². The van der Waals surface area contributed by atoms with Crippen molar-refractivity contribution in [2.45, 2.75) is 45.6 Å². The number of benzene rings is 1. The molecule has 6 heteroatoms. The van der Waals surface area contributed by atoms with Gasteiger partial charge < -0.3 is 18.8 Å². The Morgan fingerprint density at radius 2 is 1.96 bits per heavy atom. The average Bonchev–Trinajstić information content (AvgIpc) is 2.67. The van der Waals surface area contributed by atoms with E-state index in [1.165, 1.54) is 0 Å². The van der Waals surface area contributed by atoms with Gasteiger partial charge in [-0.15, -0.1) is 0 Å². The Morgan fingerprint density at radius 1 is 1.18 bits per heavy atom. The number of likely N-dealkylation sites (tertiary alicyclic amines) is 1. The average molecular weight is 385 g/mol. The third-order valence-electron chi connectivity index (χ3n) is 5.81. The number of fused-ring (bicyclic) bond motifs is 1. The lowest BCUT2D eigenvalue weighted by Gasteiger charge is -2.45. The summed E-state index contributed by atoms with van der Waals surface area (Å²) < 4.78 is 16.6. The van der Waals surface area contributed by atoms with Crippen LogP contribution in [0.4, 0.5) is 0 Å². The van der Waals surface area contributed by atoms with Crippen LogP contribution in [0.15, 0.2) is 33.5 Å². The minimum Gasteiger partial charge on any atom is -0.491 e. The lowest BCUT2D eigenvalue weighted by Crippen LogP contribution is -2.49. The molecule has 150 valence electrons. The molecule has 0 N–H and O–H groups in total. The van der Waals surface area contributed by atoms with Gasteiger partial charge in [-0.05, 0) is 63.1 Å². The molecular formula is C22H27NO5. The molecule has 1 aromatic heterocycles. The van der Waals surface area contributed by atoms with Crippen molar-refractivity contribution in [3.8, 4) is 5.75 Å². The number of piperidine rings is 1. The molecule has 0 bridgehead atoms. The predicted molar refractivity (Wildman–Crippen MR) is 106 cm³/mol. The minimum atomic E-state index is -0.592. The van der Waals surface area contributed by atoms with Gasteiger partial charge >= 0.3 is 5.63 Å². The molecule has 0 unspecified atom stereocenters. The van der Waals surface area contributed by atoms with Crippen molar-refractivity contribution in [3.05, 3.63) is 40.2 Å². The normalized spacial score (nSPS) is 19.3. The smallest absolute Gasteiger partial charge is 0.349 e. The molecule has 2 fully saturated rings. The van der Waals surface area contributed by atoms with Gasteiger partial charge in [0, 0.05) is 37.8 Å². The van der Waals surface area contributed by atoms with E-state index in [1.54, 1.807) is 12.1 Å². The van der Waals surface area contributed by atoms with Crippen molar-refractivity contribution < 1.29 is 18.7 Å². The van der Waals surface area contributed by atoms with Gasteiger partial charge in [0.05, 0.1) is 6.10 Å². The van der Waals surface area contributed by atoms with E-state index in [0.717, 1.165) is 44.3 Å². The van der Waals surface area contributed by atoms with E-state index in [9.17, 15) is 9.59 Å². The third kappa shape index (κ3) is 3.78. The van der Waals surface area contributed by atoms with Gasteiger partial charge in [-0.1, -0.05) is 0 Å². The Kier molecular flexibility index (Phi) is 5.15. The van der Waals surface area contributed by atoms with Gasteiger partial charge in [-0.25, -0.2) is 4.79 Å². The number of nitrogens with zero attached hydrogens (tertiary/aromatic N) is 1. The number of rotatable bonds is 3. The fourth-order valence-electron chi connectivity index (χ4n) is 4.35. The molecule has 2 aliphatic rings. The van der Waals surface area contributed by atoms with Crippen LogP contribution in [0.3, 0.4) is 0 Å². The van der Waals surface area contributed by atoms with Crippen LogP contribution >= 0.6 is 0 Å². The monoisotopic (exact) mass is 385 g/mol. The van der Waals surface area contributed by atoms with E-state index in [2.05, 4.69) is 0 Å². The highest BCUT2D eigenvalue weighted by Crippen LogP contribution is 2.39. The van der Waals surface area contributed by atoms with Crippen molar-refractivity contribution in [1.82, 2.24) is 4.90 Å².